The molecule has 0 spiro atoms. The summed E-state index contributed by atoms with van der Waals surface area (Å²) in [6.45, 7) is 4.73. The molecule has 0 fully saturated rings. The van der Waals surface area contributed by atoms with Gasteiger partial charge in [-0.3, -0.25) is 9.59 Å². The van der Waals surface area contributed by atoms with Gasteiger partial charge in [0.1, 0.15) is 0 Å². The fraction of sp³-hybridized carbons (Fsp3) is 0.500. The van der Waals surface area contributed by atoms with Crippen molar-refractivity contribution in [1.82, 2.24) is 0 Å². The van der Waals surface area contributed by atoms with Crippen molar-refractivity contribution < 1.29 is 14.7 Å². The predicted molar refractivity (Wildman–Crippen MR) is 41.3 cm³/mol. The van der Waals surface area contributed by atoms with Crippen molar-refractivity contribution in [3.63, 3.8) is 0 Å². The highest BCUT2D eigenvalue weighted by Gasteiger charge is 2.05. The molecule has 3 heteroatoms. The number of carbonyl (C=O) groups excluding carboxylic acids is 1. The summed E-state index contributed by atoms with van der Waals surface area (Å²) in [5, 5.41) is 8.37. The molecule has 0 heterocycles. The fourth-order valence-corrected chi connectivity index (χ4v) is 0.660. The van der Waals surface area contributed by atoms with E-state index in [1.807, 2.05) is 0 Å². The molecule has 0 aliphatic rings. The quantitative estimate of drug-likeness (QED) is 0.628. The molecule has 0 amide bonds. The second kappa shape index (κ2) is 3.91. The average Bonchev–Trinajstić information content (AvgIpc) is 1.84. The lowest BCUT2D eigenvalue weighted by atomic mass is 10.1. The number of Topliss-reactive ketones (excluding diaryl/α,β-unsaturated/α-hetero) is 1. The van der Waals surface area contributed by atoms with Gasteiger partial charge >= 0.3 is 5.97 Å². The zero-order chi connectivity index (χ0) is 9.02. The van der Waals surface area contributed by atoms with Crippen LogP contribution in [0.15, 0.2) is 11.1 Å². The Kier molecular flexibility index (Phi) is 3.51. The van der Waals surface area contributed by atoms with E-state index in [2.05, 4.69) is 0 Å². The van der Waals surface area contributed by atoms with Crippen molar-refractivity contribution in [2.75, 3.05) is 0 Å². The van der Waals surface area contributed by atoms with Gasteiger partial charge < -0.3 is 5.11 Å². The second-order valence-corrected chi connectivity index (χ2v) is 2.53. The summed E-state index contributed by atoms with van der Waals surface area (Å²) in [5.74, 6) is -0.966. The Morgan fingerprint density at radius 1 is 1.18 bits per heavy atom. The number of carboxylic acids is 1. The number of ketones is 1. The van der Waals surface area contributed by atoms with E-state index < -0.39 is 5.97 Å². The molecule has 0 aliphatic heterocycles. The Morgan fingerprint density at radius 2 is 1.64 bits per heavy atom. The maximum Gasteiger partial charge on any atom is 0.307 e. The van der Waals surface area contributed by atoms with Crippen molar-refractivity contribution in [2.45, 2.75) is 27.2 Å². The third-order valence-electron chi connectivity index (χ3n) is 1.58. The van der Waals surface area contributed by atoms with Gasteiger partial charge in [0.05, 0.1) is 6.42 Å². The first kappa shape index (κ1) is 9.88. The molecule has 0 bridgehead atoms. The van der Waals surface area contributed by atoms with E-state index in [0.717, 1.165) is 0 Å². The van der Waals surface area contributed by atoms with Gasteiger partial charge in [0, 0.05) is 0 Å². The summed E-state index contributed by atoms with van der Waals surface area (Å²) in [6.07, 6.45) is -0.0502. The van der Waals surface area contributed by atoms with Crippen LogP contribution in [0, 0.1) is 0 Å². The maximum atomic E-state index is 10.7. The minimum atomic E-state index is -0.900. The monoisotopic (exact) mass is 156 g/mol. The topological polar surface area (TPSA) is 54.4 Å². The molecule has 0 atom stereocenters. The van der Waals surface area contributed by atoms with Crippen molar-refractivity contribution in [1.29, 1.82) is 0 Å². The number of rotatable bonds is 3. The molecule has 62 valence electrons. The van der Waals surface area contributed by atoms with E-state index in [-0.39, 0.29) is 12.2 Å². The molecular formula is C8H12O3. The van der Waals surface area contributed by atoms with E-state index in [1.165, 1.54) is 6.92 Å². The zero-order valence-electron chi connectivity index (χ0n) is 6.97. The summed E-state index contributed by atoms with van der Waals surface area (Å²) in [6, 6.07) is 0. The van der Waals surface area contributed by atoms with Gasteiger partial charge in [0.15, 0.2) is 5.78 Å². The smallest absolute Gasteiger partial charge is 0.307 e. The third-order valence-corrected chi connectivity index (χ3v) is 1.58. The van der Waals surface area contributed by atoms with Crippen LogP contribution in [0.25, 0.3) is 0 Å². The number of aliphatic carboxylic acids is 1. The molecule has 0 radical (unpaired) electrons. The molecular weight excluding hydrogens is 144 g/mol. The van der Waals surface area contributed by atoms with E-state index in [9.17, 15) is 9.59 Å². The van der Waals surface area contributed by atoms with Gasteiger partial charge in [0.25, 0.3) is 0 Å². The molecule has 1 N–H and O–H groups in total. The summed E-state index contributed by atoms with van der Waals surface area (Å²) >= 11 is 0. The lowest BCUT2D eigenvalue weighted by Crippen LogP contribution is -2.01. The summed E-state index contributed by atoms with van der Waals surface area (Å²) < 4.78 is 0. The predicted octanol–water partition coefficient (Wildman–Crippen LogP) is 1.39. The van der Waals surface area contributed by atoms with Gasteiger partial charge in [-0.05, 0) is 26.3 Å². The average molecular weight is 156 g/mol. The zero-order valence-corrected chi connectivity index (χ0v) is 6.97. The van der Waals surface area contributed by atoms with Gasteiger partial charge in [-0.1, -0.05) is 5.57 Å². The number of hydrogen-bond donors (Lipinski definition) is 1. The normalized spacial score (nSPS) is 12.3. The van der Waals surface area contributed by atoms with E-state index >= 15 is 0 Å². The molecule has 0 aromatic heterocycles. The van der Waals surface area contributed by atoms with E-state index in [0.29, 0.717) is 11.1 Å². The fourth-order valence-electron chi connectivity index (χ4n) is 0.660. The van der Waals surface area contributed by atoms with Crippen molar-refractivity contribution in [3.05, 3.63) is 11.1 Å². The minimum absolute atomic E-state index is 0.0502. The highest BCUT2D eigenvalue weighted by atomic mass is 16.4. The van der Waals surface area contributed by atoms with Crippen molar-refractivity contribution >= 4 is 11.8 Å². The molecule has 11 heavy (non-hydrogen) atoms. The lowest BCUT2D eigenvalue weighted by molar-refractivity contribution is -0.136. The molecule has 0 aromatic rings. The number of allylic oxidation sites excluding steroid dienone is 1. The SMILES string of the molecule is CC(=O)/C(C)=C(/C)CC(=O)O. The second-order valence-electron chi connectivity index (χ2n) is 2.53. The highest BCUT2D eigenvalue weighted by molar-refractivity contribution is 5.94. The lowest BCUT2D eigenvalue weighted by Gasteiger charge is -2.00. The first-order chi connectivity index (χ1) is 4.95. The first-order valence-corrected chi connectivity index (χ1v) is 3.34. The summed E-state index contributed by atoms with van der Waals surface area (Å²) in [4.78, 5) is 20.9. The van der Waals surface area contributed by atoms with Crippen LogP contribution in [0.1, 0.15) is 27.2 Å². The van der Waals surface area contributed by atoms with Crippen LogP contribution in [0.4, 0.5) is 0 Å². The Morgan fingerprint density at radius 3 is 1.91 bits per heavy atom. The standard InChI is InChI=1S/C8H12O3/c1-5(4-8(10)11)6(2)7(3)9/h4H2,1-3H3,(H,10,11)/b6-5-. The van der Waals surface area contributed by atoms with Crippen LogP contribution in [0.3, 0.4) is 0 Å². The Bertz CT molecular complexity index is 213. The Hall–Kier alpha value is -1.12. The first-order valence-electron chi connectivity index (χ1n) is 3.34. The van der Waals surface area contributed by atoms with Gasteiger partial charge in [-0.2, -0.15) is 0 Å². The number of carboxylic acid groups (broad SMARTS) is 1. The van der Waals surface area contributed by atoms with E-state index in [1.54, 1.807) is 13.8 Å². The van der Waals surface area contributed by atoms with Gasteiger partial charge in [-0.25, -0.2) is 0 Å². The molecule has 3 nitrogen and oxygen atoms in total. The summed E-state index contributed by atoms with van der Waals surface area (Å²) in [7, 11) is 0. The largest absolute Gasteiger partial charge is 0.481 e. The van der Waals surface area contributed by atoms with Crippen LogP contribution in [-0.4, -0.2) is 16.9 Å². The van der Waals surface area contributed by atoms with Crippen molar-refractivity contribution in [2.24, 2.45) is 0 Å². The molecule has 0 rings (SSSR count). The number of carbonyl (C=O) groups is 2. The molecule has 0 aliphatic carbocycles. The van der Waals surface area contributed by atoms with Crippen LogP contribution in [-0.2, 0) is 9.59 Å². The highest BCUT2D eigenvalue weighted by Crippen LogP contribution is 2.08. The Balaban J connectivity index is 4.40. The number of hydrogen-bond acceptors (Lipinski definition) is 2. The van der Waals surface area contributed by atoms with Crippen LogP contribution < -0.4 is 0 Å². The van der Waals surface area contributed by atoms with E-state index in [4.69, 9.17) is 5.11 Å². The third kappa shape index (κ3) is 3.55. The van der Waals surface area contributed by atoms with Crippen LogP contribution in [0.2, 0.25) is 0 Å². The van der Waals surface area contributed by atoms with Crippen LogP contribution >= 0.6 is 0 Å². The minimum Gasteiger partial charge on any atom is -0.481 e. The summed E-state index contributed by atoms with van der Waals surface area (Å²) in [5.41, 5.74) is 1.18. The van der Waals surface area contributed by atoms with Crippen molar-refractivity contribution in [3.8, 4) is 0 Å². The Labute approximate surface area is 65.7 Å². The molecule has 0 unspecified atom stereocenters. The molecule has 0 aromatic carbocycles. The van der Waals surface area contributed by atoms with Crippen LogP contribution in [0.5, 0.6) is 0 Å². The molecule has 0 saturated heterocycles. The molecule has 0 saturated carbocycles. The van der Waals surface area contributed by atoms with Gasteiger partial charge in [0.2, 0.25) is 0 Å². The van der Waals surface area contributed by atoms with Gasteiger partial charge in [-0.15, -0.1) is 0 Å². The maximum absolute atomic E-state index is 10.7.